The largest absolute Gasteiger partial charge is 0.372 e. The van der Waals surface area contributed by atoms with E-state index < -0.39 is 0 Å². The molecule has 0 spiro atoms. The molecule has 0 bridgehead atoms. The molecule has 0 aliphatic rings. The SMILES string of the molecule is CCNCc1ccc(F)c(COCc2cccc(Cl)c2)c1. The van der Waals surface area contributed by atoms with Crippen molar-refractivity contribution in [2.24, 2.45) is 0 Å². The molecule has 0 atom stereocenters. The zero-order valence-corrected chi connectivity index (χ0v) is 12.8. The standard InChI is InChI=1S/C17H19ClFNO/c1-2-20-10-13-6-7-17(19)15(8-13)12-21-11-14-4-3-5-16(18)9-14/h3-9,20H,2,10-12H2,1H3. The van der Waals surface area contributed by atoms with Gasteiger partial charge in [0, 0.05) is 17.1 Å². The number of ether oxygens (including phenoxy) is 1. The maximum Gasteiger partial charge on any atom is 0.128 e. The summed E-state index contributed by atoms with van der Waals surface area (Å²) in [5, 5.41) is 3.90. The third-order valence-electron chi connectivity index (χ3n) is 3.10. The van der Waals surface area contributed by atoms with Gasteiger partial charge in [-0.3, -0.25) is 0 Å². The van der Waals surface area contributed by atoms with Crippen LogP contribution in [0.4, 0.5) is 4.39 Å². The van der Waals surface area contributed by atoms with Gasteiger partial charge >= 0.3 is 0 Å². The lowest BCUT2D eigenvalue weighted by atomic mass is 10.1. The van der Waals surface area contributed by atoms with Crippen molar-refractivity contribution >= 4 is 11.6 Å². The summed E-state index contributed by atoms with van der Waals surface area (Å²) in [6.45, 7) is 4.32. The average molecular weight is 308 g/mol. The summed E-state index contributed by atoms with van der Waals surface area (Å²) in [4.78, 5) is 0. The Hall–Kier alpha value is -1.42. The molecule has 0 fully saturated rings. The first-order valence-corrected chi connectivity index (χ1v) is 7.37. The molecule has 0 unspecified atom stereocenters. The second-order valence-corrected chi connectivity index (χ2v) is 5.27. The molecule has 0 aromatic heterocycles. The summed E-state index contributed by atoms with van der Waals surface area (Å²) in [7, 11) is 0. The number of hydrogen-bond donors (Lipinski definition) is 1. The van der Waals surface area contributed by atoms with Crippen molar-refractivity contribution in [2.45, 2.75) is 26.7 Å². The highest BCUT2D eigenvalue weighted by Crippen LogP contribution is 2.15. The Kier molecular flexibility index (Phi) is 6.18. The van der Waals surface area contributed by atoms with Crippen molar-refractivity contribution in [1.82, 2.24) is 5.32 Å². The van der Waals surface area contributed by atoms with Crippen LogP contribution < -0.4 is 5.32 Å². The lowest BCUT2D eigenvalue weighted by Gasteiger charge is -2.09. The average Bonchev–Trinajstić information content (AvgIpc) is 2.48. The summed E-state index contributed by atoms with van der Waals surface area (Å²) in [6, 6.07) is 12.6. The molecule has 1 N–H and O–H groups in total. The van der Waals surface area contributed by atoms with Gasteiger partial charge in [-0.1, -0.05) is 36.7 Å². The molecule has 2 rings (SSSR count). The summed E-state index contributed by atoms with van der Waals surface area (Å²) < 4.78 is 19.3. The van der Waals surface area contributed by atoms with Gasteiger partial charge < -0.3 is 10.1 Å². The fourth-order valence-corrected chi connectivity index (χ4v) is 2.24. The monoisotopic (exact) mass is 307 g/mol. The maximum absolute atomic E-state index is 13.8. The first kappa shape index (κ1) is 16.0. The van der Waals surface area contributed by atoms with Gasteiger partial charge in [-0.15, -0.1) is 0 Å². The zero-order valence-electron chi connectivity index (χ0n) is 12.0. The van der Waals surface area contributed by atoms with Crippen molar-refractivity contribution < 1.29 is 9.13 Å². The first-order valence-electron chi connectivity index (χ1n) is 6.99. The second-order valence-electron chi connectivity index (χ2n) is 4.83. The highest BCUT2D eigenvalue weighted by molar-refractivity contribution is 6.30. The van der Waals surface area contributed by atoms with Gasteiger partial charge in [0.25, 0.3) is 0 Å². The van der Waals surface area contributed by atoms with Crippen LogP contribution in [0, 0.1) is 5.82 Å². The van der Waals surface area contributed by atoms with Gasteiger partial charge in [0.2, 0.25) is 0 Å². The third-order valence-corrected chi connectivity index (χ3v) is 3.34. The highest BCUT2D eigenvalue weighted by Gasteiger charge is 2.04. The van der Waals surface area contributed by atoms with E-state index in [2.05, 4.69) is 5.32 Å². The summed E-state index contributed by atoms with van der Waals surface area (Å²) in [5.74, 6) is -0.235. The topological polar surface area (TPSA) is 21.3 Å². The number of benzene rings is 2. The van der Waals surface area contributed by atoms with E-state index in [1.54, 1.807) is 6.07 Å². The molecule has 0 aliphatic carbocycles. The highest BCUT2D eigenvalue weighted by atomic mass is 35.5. The smallest absolute Gasteiger partial charge is 0.128 e. The van der Waals surface area contributed by atoms with Gasteiger partial charge in [-0.2, -0.15) is 0 Å². The molecule has 2 aromatic rings. The third kappa shape index (κ3) is 5.12. The number of halogens is 2. The van der Waals surface area contributed by atoms with E-state index in [4.69, 9.17) is 16.3 Å². The molecule has 112 valence electrons. The lowest BCUT2D eigenvalue weighted by Crippen LogP contribution is -2.12. The van der Waals surface area contributed by atoms with Crippen molar-refractivity contribution in [1.29, 1.82) is 0 Å². The van der Waals surface area contributed by atoms with E-state index in [0.717, 1.165) is 24.2 Å². The minimum atomic E-state index is -0.235. The predicted octanol–water partition coefficient (Wildman–Crippen LogP) is 4.31. The Bertz CT molecular complexity index is 589. The van der Waals surface area contributed by atoms with Gasteiger partial charge in [0.1, 0.15) is 5.82 Å². The fraction of sp³-hybridized carbons (Fsp3) is 0.294. The minimum Gasteiger partial charge on any atom is -0.372 e. The summed E-state index contributed by atoms with van der Waals surface area (Å²) in [6.07, 6.45) is 0. The second kappa shape index (κ2) is 8.13. The van der Waals surface area contributed by atoms with Crippen LogP contribution in [0.15, 0.2) is 42.5 Å². The van der Waals surface area contributed by atoms with Crippen LogP contribution in [0.5, 0.6) is 0 Å². The molecule has 0 saturated heterocycles. The van der Waals surface area contributed by atoms with E-state index >= 15 is 0 Å². The van der Waals surface area contributed by atoms with Crippen LogP contribution in [0.25, 0.3) is 0 Å². The minimum absolute atomic E-state index is 0.235. The van der Waals surface area contributed by atoms with E-state index in [0.29, 0.717) is 17.2 Å². The lowest BCUT2D eigenvalue weighted by molar-refractivity contribution is 0.105. The van der Waals surface area contributed by atoms with Crippen LogP contribution in [0.2, 0.25) is 5.02 Å². The van der Waals surface area contributed by atoms with Crippen LogP contribution in [0.3, 0.4) is 0 Å². The molecular weight excluding hydrogens is 289 g/mol. The maximum atomic E-state index is 13.8. The summed E-state index contributed by atoms with van der Waals surface area (Å²) in [5.41, 5.74) is 2.61. The van der Waals surface area contributed by atoms with Crippen molar-refractivity contribution in [3.05, 3.63) is 70.0 Å². The Morgan fingerprint density at radius 1 is 1.10 bits per heavy atom. The van der Waals surface area contributed by atoms with Gasteiger partial charge in [0.15, 0.2) is 0 Å². The van der Waals surface area contributed by atoms with Gasteiger partial charge in [-0.05, 0) is 41.9 Å². The van der Waals surface area contributed by atoms with Crippen molar-refractivity contribution in [3.63, 3.8) is 0 Å². The number of hydrogen-bond acceptors (Lipinski definition) is 2. The van der Waals surface area contributed by atoms with Crippen LogP contribution in [-0.4, -0.2) is 6.54 Å². The Labute approximate surface area is 129 Å². The fourth-order valence-electron chi connectivity index (χ4n) is 2.02. The molecule has 21 heavy (non-hydrogen) atoms. The zero-order chi connectivity index (χ0) is 15.1. The molecule has 2 nitrogen and oxygen atoms in total. The molecule has 0 amide bonds. The van der Waals surface area contributed by atoms with E-state index in [-0.39, 0.29) is 12.4 Å². The predicted molar refractivity (Wildman–Crippen MR) is 83.7 cm³/mol. The molecule has 0 aliphatic heterocycles. The molecule has 0 saturated carbocycles. The molecule has 4 heteroatoms. The van der Waals surface area contributed by atoms with Crippen LogP contribution in [0.1, 0.15) is 23.6 Å². The van der Waals surface area contributed by atoms with Gasteiger partial charge in [0.05, 0.1) is 13.2 Å². The van der Waals surface area contributed by atoms with Gasteiger partial charge in [-0.25, -0.2) is 4.39 Å². The molecule has 0 radical (unpaired) electrons. The van der Waals surface area contributed by atoms with E-state index in [9.17, 15) is 4.39 Å². The Balaban J connectivity index is 1.92. The van der Waals surface area contributed by atoms with Crippen LogP contribution in [-0.2, 0) is 24.5 Å². The van der Waals surface area contributed by atoms with Crippen LogP contribution >= 0.6 is 11.6 Å². The van der Waals surface area contributed by atoms with Crippen molar-refractivity contribution in [3.8, 4) is 0 Å². The number of nitrogens with one attached hydrogen (secondary N) is 1. The molecule has 0 heterocycles. The molecule has 2 aromatic carbocycles. The van der Waals surface area contributed by atoms with E-state index in [1.807, 2.05) is 37.3 Å². The van der Waals surface area contributed by atoms with Crippen molar-refractivity contribution in [2.75, 3.05) is 6.54 Å². The quantitative estimate of drug-likeness (QED) is 0.823. The summed E-state index contributed by atoms with van der Waals surface area (Å²) >= 11 is 5.91. The molecular formula is C17H19ClFNO. The van der Waals surface area contributed by atoms with E-state index in [1.165, 1.54) is 6.07 Å². The normalized spacial score (nSPS) is 10.8. The Morgan fingerprint density at radius 3 is 2.71 bits per heavy atom. The Morgan fingerprint density at radius 2 is 1.95 bits per heavy atom. The first-order chi connectivity index (χ1) is 10.2. The number of rotatable bonds is 7.